The Morgan fingerprint density at radius 3 is 2.35 bits per heavy atom. The molecule has 0 saturated heterocycles. The fraction of sp³-hybridized carbons (Fsp3) is 0.357. The van der Waals surface area contributed by atoms with E-state index in [1.807, 2.05) is 25.3 Å². The average molecular weight is 352 g/mol. The first-order valence-electron chi connectivity index (χ1n) is 7.02. The van der Waals surface area contributed by atoms with Crippen molar-refractivity contribution in [1.29, 1.82) is 0 Å². The summed E-state index contributed by atoms with van der Waals surface area (Å²) < 4.78 is 0. The van der Waals surface area contributed by atoms with Crippen molar-refractivity contribution in [2.45, 2.75) is 19.8 Å². The molecule has 0 bridgehead atoms. The molecule has 0 radical (unpaired) electrons. The van der Waals surface area contributed by atoms with Crippen LogP contribution in [0.25, 0.3) is 0 Å². The van der Waals surface area contributed by atoms with E-state index in [4.69, 9.17) is 24.4 Å². The van der Waals surface area contributed by atoms with Gasteiger partial charge in [-0.25, -0.2) is 0 Å². The van der Waals surface area contributed by atoms with Crippen molar-refractivity contribution in [3.05, 3.63) is 30.1 Å². The SMILES string of the molecule is CNC(=S)N/N=C(C)\C(CCc1cccnc1)=N\NC(=S)NC. The zero-order valence-corrected chi connectivity index (χ0v) is 15.0. The molecular formula is C14H21N7S2. The van der Waals surface area contributed by atoms with Crippen molar-refractivity contribution >= 4 is 46.1 Å². The summed E-state index contributed by atoms with van der Waals surface area (Å²) in [6.45, 7) is 1.86. The predicted octanol–water partition coefficient (Wildman–Crippen LogP) is 0.934. The van der Waals surface area contributed by atoms with Crippen molar-refractivity contribution in [3.8, 4) is 0 Å². The van der Waals surface area contributed by atoms with Crippen molar-refractivity contribution in [2.75, 3.05) is 14.1 Å². The van der Waals surface area contributed by atoms with Crippen LogP contribution in [0.15, 0.2) is 34.7 Å². The fourth-order valence-corrected chi connectivity index (χ4v) is 1.65. The summed E-state index contributed by atoms with van der Waals surface area (Å²) in [6.07, 6.45) is 5.07. The first kappa shape index (κ1) is 18.9. The van der Waals surface area contributed by atoms with E-state index in [1.54, 1.807) is 20.3 Å². The number of pyridine rings is 1. The number of rotatable bonds is 6. The number of nitrogens with zero attached hydrogens (tertiary/aromatic N) is 3. The minimum atomic E-state index is 0.440. The molecule has 4 N–H and O–H groups in total. The second-order valence-electron chi connectivity index (χ2n) is 4.50. The number of hydrogen-bond acceptors (Lipinski definition) is 5. The Balaban J connectivity index is 2.79. The van der Waals surface area contributed by atoms with Crippen LogP contribution in [0.3, 0.4) is 0 Å². The van der Waals surface area contributed by atoms with Crippen molar-refractivity contribution in [2.24, 2.45) is 10.2 Å². The zero-order chi connectivity index (χ0) is 17.1. The molecule has 0 aliphatic rings. The Kier molecular flexibility index (Phi) is 8.70. The molecule has 0 amide bonds. The molecule has 1 heterocycles. The molecule has 0 spiro atoms. The lowest BCUT2D eigenvalue weighted by atomic mass is 10.1. The molecule has 124 valence electrons. The number of aryl methyl sites for hydroxylation is 1. The highest BCUT2D eigenvalue weighted by Gasteiger charge is 2.07. The van der Waals surface area contributed by atoms with E-state index < -0.39 is 0 Å². The smallest absolute Gasteiger partial charge is 0.186 e. The van der Waals surface area contributed by atoms with E-state index in [0.717, 1.165) is 23.4 Å². The van der Waals surface area contributed by atoms with Gasteiger partial charge in [0.1, 0.15) is 0 Å². The van der Waals surface area contributed by atoms with E-state index in [-0.39, 0.29) is 0 Å². The summed E-state index contributed by atoms with van der Waals surface area (Å²) >= 11 is 10.0. The molecule has 1 aromatic rings. The lowest BCUT2D eigenvalue weighted by Gasteiger charge is -2.09. The van der Waals surface area contributed by atoms with Gasteiger partial charge in [-0.1, -0.05) is 6.07 Å². The number of thiocarbonyl (C=S) groups is 2. The molecule has 7 nitrogen and oxygen atoms in total. The highest BCUT2D eigenvalue weighted by Crippen LogP contribution is 2.03. The van der Waals surface area contributed by atoms with Gasteiger partial charge in [0.2, 0.25) is 0 Å². The lowest BCUT2D eigenvalue weighted by molar-refractivity contribution is 0.941. The highest BCUT2D eigenvalue weighted by molar-refractivity contribution is 7.80. The van der Waals surface area contributed by atoms with Crippen LogP contribution in [-0.2, 0) is 6.42 Å². The van der Waals surface area contributed by atoms with Crippen LogP contribution in [0.5, 0.6) is 0 Å². The molecule has 1 aromatic heterocycles. The van der Waals surface area contributed by atoms with Gasteiger partial charge >= 0.3 is 0 Å². The Morgan fingerprint density at radius 1 is 1.13 bits per heavy atom. The predicted molar refractivity (Wildman–Crippen MR) is 103 cm³/mol. The first-order chi connectivity index (χ1) is 11.1. The van der Waals surface area contributed by atoms with Gasteiger partial charge in [-0.15, -0.1) is 0 Å². The van der Waals surface area contributed by atoms with Crippen LogP contribution in [-0.4, -0.2) is 40.7 Å². The maximum Gasteiger partial charge on any atom is 0.186 e. The number of aromatic nitrogens is 1. The largest absolute Gasteiger partial charge is 0.364 e. The molecule has 0 fully saturated rings. The number of hydrazone groups is 2. The van der Waals surface area contributed by atoms with Gasteiger partial charge in [0.25, 0.3) is 0 Å². The standard InChI is InChI=1S/C14H21N7S2/c1-10(18-20-13(22)15-2)12(19-21-14(23)16-3)7-6-11-5-4-8-17-9-11/h4-5,8-9H,6-7H2,1-3H3,(H2,15,20,22)(H2,16,21,23)/b18-10-,19-12+. The molecule has 1 rings (SSSR count). The maximum atomic E-state index is 5.04. The molecule has 0 saturated carbocycles. The summed E-state index contributed by atoms with van der Waals surface area (Å²) in [5.74, 6) is 0. The average Bonchev–Trinajstić information content (AvgIpc) is 2.59. The van der Waals surface area contributed by atoms with Crippen molar-refractivity contribution in [3.63, 3.8) is 0 Å². The summed E-state index contributed by atoms with van der Waals surface area (Å²) in [4.78, 5) is 4.11. The molecule has 0 unspecified atom stereocenters. The van der Waals surface area contributed by atoms with Gasteiger partial charge in [0.15, 0.2) is 10.2 Å². The van der Waals surface area contributed by atoms with Crippen LogP contribution in [0, 0.1) is 0 Å². The van der Waals surface area contributed by atoms with Crippen LogP contribution >= 0.6 is 24.4 Å². The van der Waals surface area contributed by atoms with Crippen LogP contribution in [0.4, 0.5) is 0 Å². The highest BCUT2D eigenvalue weighted by atomic mass is 32.1. The number of nitrogens with one attached hydrogen (secondary N) is 4. The normalized spacial score (nSPS) is 11.6. The maximum absolute atomic E-state index is 5.04. The van der Waals surface area contributed by atoms with Gasteiger partial charge in [-0.05, 0) is 55.8 Å². The Labute approximate surface area is 147 Å². The van der Waals surface area contributed by atoms with E-state index in [1.165, 1.54) is 0 Å². The third kappa shape index (κ3) is 7.61. The minimum Gasteiger partial charge on any atom is -0.364 e. The van der Waals surface area contributed by atoms with E-state index >= 15 is 0 Å². The Morgan fingerprint density at radius 2 is 1.78 bits per heavy atom. The Hall–Kier alpha value is -2.13. The third-order valence-electron chi connectivity index (χ3n) is 2.86. The summed E-state index contributed by atoms with van der Waals surface area (Å²) in [5.41, 5.74) is 8.16. The zero-order valence-electron chi connectivity index (χ0n) is 13.4. The van der Waals surface area contributed by atoms with E-state index in [9.17, 15) is 0 Å². The molecule has 0 aromatic carbocycles. The third-order valence-corrected chi connectivity index (χ3v) is 3.45. The fourth-order valence-electron chi connectivity index (χ4n) is 1.56. The molecule has 9 heteroatoms. The lowest BCUT2D eigenvalue weighted by Crippen LogP contribution is -2.32. The molecule has 0 atom stereocenters. The second kappa shape index (κ2) is 10.6. The van der Waals surface area contributed by atoms with E-state index in [0.29, 0.717) is 16.6 Å². The quantitative estimate of drug-likeness (QED) is 0.345. The molecule has 0 aliphatic carbocycles. The summed E-state index contributed by atoms with van der Waals surface area (Å²) in [6, 6.07) is 3.94. The van der Waals surface area contributed by atoms with Gasteiger partial charge in [0, 0.05) is 26.5 Å². The van der Waals surface area contributed by atoms with Crippen LogP contribution in [0.1, 0.15) is 18.9 Å². The van der Waals surface area contributed by atoms with Gasteiger partial charge in [-0.3, -0.25) is 15.8 Å². The van der Waals surface area contributed by atoms with Gasteiger partial charge in [0.05, 0.1) is 11.4 Å². The Bertz CT molecular complexity index is 584. The summed E-state index contributed by atoms with van der Waals surface area (Å²) in [5, 5.41) is 15.0. The first-order valence-corrected chi connectivity index (χ1v) is 7.84. The molecule has 23 heavy (non-hydrogen) atoms. The molecular weight excluding hydrogens is 330 g/mol. The monoisotopic (exact) mass is 351 g/mol. The topological polar surface area (TPSA) is 85.7 Å². The minimum absolute atomic E-state index is 0.440. The van der Waals surface area contributed by atoms with Crippen LogP contribution in [0.2, 0.25) is 0 Å². The van der Waals surface area contributed by atoms with Crippen molar-refractivity contribution < 1.29 is 0 Å². The van der Waals surface area contributed by atoms with Gasteiger partial charge < -0.3 is 10.6 Å². The molecule has 0 aliphatic heterocycles. The van der Waals surface area contributed by atoms with E-state index in [2.05, 4.69) is 36.7 Å². The number of hydrogen-bond donors (Lipinski definition) is 4. The summed E-state index contributed by atoms with van der Waals surface area (Å²) in [7, 11) is 3.46. The van der Waals surface area contributed by atoms with Crippen LogP contribution < -0.4 is 21.5 Å². The van der Waals surface area contributed by atoms with Gasteiger partial charge in [-0.2, -0.15) is 10.2 Å². The van der Waals surface area contributed by atoms with Crippen molar-refractivity contribution in [1.82, 2.24) is 26.5 Å². The second-order valence-corrected chi connectivity index (χ2v) is 5.32.